The average molecular weight is 537 g/mol. The molecule has 0 saturated carbocycles. The molecule has 1 heterocycles. The zero-order chi connectivity index (χ0) is 21.2. The van der Waals surface area contributed by atoms with Crippen molar-refractivity contribution in [1.29, 1.82) is 0 Å². The molecule has 2 aromatic rings. The van der Waals surface area contributed by atoms with Crippen molar-refractivity contribution in [3.63, 3.8) is 0 Å². The molecule has 0 aliphatic carbocycles. The molecule has 0 spiro atoms. The van der Waals surface area contributed by atoms with Crippen LogP contribution in [0.2, 0.25) is 0 Å². The zero-order valence-corrected chi connectivity index (χ0v) is 20.2. The molecule has 1 unspecified atom stereocenters. The van der Waals surface area contributed by atoms with E-state index in [1.807, 2.05) is 13.0 Å². The number of hydrogen-bond donors (Lipinski definition) is 4. The number of phenolic OH excluding ortho intramolecular Hbond substituents is 1. The average Bonchev–Trinajstić information content (AvgIpc) is 2.75. The Balaban J connectivity index is 0.00000341. The van der Waals surface area contributed by atoms with Gasteiger partial charge in [-0.05, 0) is 56.1 Å². The summed E-state index contributed by atoms with van der Waals surface area (Å²) in [5.41, 5.74) is 1.96. The lowest BCUT2D eigenvalue weighted by Crippen LogP contribution is -2.51. The minimum Gasteiger partial charge on any atom is -0.508 e. The summed E-state index contributed by atoms with van der Waals surface area (Å²) in [6, 6.07) is 17.2. The quantitative estimate of drug-likeness (QED) is 0.189. The molecule has 0 radical (unpaired) electrons. The highest BCUT2D eigenvalue weighted by molar-refractivity contribution is 14.0. The van der Waals surface area contributed by atoms with Gasteiger partial charge in [-0.1, -0.05) is 30.3 Å². The number of aliphatic imine (C=N–C) groups is 1. The van der Waals surface area contributed by atoms with Gasteiger partial charge in [0.1, 0.15) is 12.3 Å². The van der Waals surface area contributed by atoms with Crippen LogP contribution < -0.4 is 16.0 Å². The Morgan fingerprint density at radius 3 is 2.61 bits per heavy atom. The van der Waals surface area contributed by atoms with Crippen molar-refractivity contribution in [1.82, 2.24) is 15.5 Å². The van der Waals surface area contributed by atoms with E-state index in [9.17, 15) is 9.90 Å². The van der Waals surface area contributed by atoms with Crippen LogP contribution in [0, 0.1) is 0 Å². The summed E-state index contributed by atoms with van der Waals surface area (Å²) in [6.45, 7) is 5.75. The molecular weight excluding hydrogens is 505 g/mol. The minimum absolute atomic E-state index is 0. The highest BCUT2D eigenvalue weighted by Crippen LogP contribution is 2.14. The number of amides is 1. The van der Waals surface area contributed by atoms with E-state index >= 15 is 0 Å². The van der Waals surface area contributed by atoms with E-state index in [4.69, 9.17) is 0 Å². The van der Waals surface area contributed by atoms with Gasteiger partial charge in [0.25, 0.3) is 0 Å². The summed E-state index contributed by atoms with van der Waals surface area (Å²) in [5.74, 6) is 0.621. The summed E-state index contributed by atoms with van der Waals surface area (Å²) in [5, 5.41) is 18.8. The Labute approximate surface area is 201 Å². The Hall–Kier alpha value is -2.33. The van der Waals surface area contributed by atoms with Crippen LogP contribution in [0.15, 0.2) is 59.6 Å². The maximum atomic E-state index is 12.2. The molecule has 1 saturated heterocycles. The van der Waals surface area contributed by atoms with Crippen LogP contribution in [0.3, 0.4) is 0 Å². The molecular formula is C23H32IN5O2. The summed E-state index contributed by atoms with van der Waals surface area (Å²) in [7, 11) is 0. The molecule has 3 rings (SSSR count). The molecule has 7 nitrogen and oxygen atoms in total. The van der Waals surface area contributed by atoms with Gasteiger partial charge in [-0.3, -0.25) is 9.69 Å². The van der Waals surface area contributed by atoms with Gasteiger partial charge in [-0.2, -0.15) is 0 Å². The van der Waals surface area contributed by atoms with Crippen LogP contribution in [0.1, 0.15) is 25.3 Å². The number of likely N-dealkylation sites (tertiary alicyclic amines) is 1. The number of nitrogens with zero attached hydrogens (tertiary/aromatic N) is 2. The molecule has 1 atom stereocenters. The lowest BCUT2D eigenvalue weighted by atomic mass is 10.0. The van der Waals surface area contributed by atoms with Crippen molar-refractivity contribution in [2.24, 2.45) is 4.99 Å². The predicted octanol–water partition coefficient (Wildman–Crippen LogP) is 3.17. The molecule has 4 N–H and O–H groups in total. The molecule has 1 aliphatic rings. The molecule has 1 amide bonds. The number of guanidine groups is 1. The van der Waals surface area contributed by atoms with Crippen LogP contribution in [0.5, 0.6) is 5.75 Å². The Morgan fingerprint density at radius 1 is 1.16 bits per heavy atom. The second-order valence-corrected chi connectivity index (χ2v) is 7.49. The Kier molecular flexibility index (Phi) is 10.6. The van der Waals surface area contributed by atoms with Crippen LogP contribution in [-0.2, 0) is 11.3 Å². The standard InChI is InChI=1S/C23H31N5O2.HI/c1-2-24-23(25-15-22(30)26-19-10-12-21(29)13-11-19)27-20-9-6-14-28(17-20)16-18-7-4-3-5-8-18;/h3-5,7-8,10-13,20,29H,2,6,9,14-17H2,1H3,(H,26,30)(H2,24,25,27);1H. The number of halogens is 1. The molecule has 8 heteroatoms. The summed E-state index contributed by atoms with van der Waals surface area (Å²) >= 11 is 0. The number of benzene rings is 2. The van der Waals surface area contributed by atoms with Gasteiger partial charge in [-0.25, -0.2) is 4.99 Å². The lowest BCUT2D eigenvalue weighted by Gasteiger charge is -2.34. The fraction of sp³-hybridized carbons (Fsp3) is 0.391. The first-order valence-corrected chi connectivity index (χ1v) is 10.5. The number of carbonyl (C=O) groups excluding carboxylic acids is 1. The third-order valence-corrected chi connectivity index (χ3v) is 4.97. The minimum atomic E-state index is -0.202. The Bertz CT molecular complexity index is 830. The van der Waals surface area contributed by atoms with Crippen molar-refractivity contribution >= 4 is 41.5 Å². The first-order valence-electron chi connectivity index (χ1n) is 10.5. The van der Waals surface area contributed by atoms with E-state index in [0.717, 1.165) is 39.0 Å². The van der Waals surface area contributed by atoms with Gasteiger partial charge in [0.15, 0.2) is 5.96 Å². The SMILES string of the molecule is CCNC(=NCC(=O)Nc1ccc(O)cc1)NC1CCCN(Cc2ccccc2)C1.I. The van der Waals surface area contributed by atoms with Crippen molar-refractivity contribution < 1.29 is 9.90 Å². The second kappa shape index (κ2) is 13.2. The molecule has 0 aromatic heterocycles. The molecule has 1 fully saturated rings. The topological polar surface area (TPSA) is 89.0 Å². The van der Waals surface area contributed by atoms with Gasteiger partial charge >= 0.3 is 0 Å². The fourth-order valence-electron chi connectivity index (χ4n) is 3.57. The van der Waals surface area contributed by atoms with Crippen molar-refractivity contribution in [2.45, 2.75) is 32.4 Å². The van der Waals surface area contributed by atoms with Crippen molar-refractivity contribution in [3.8, 4) is 5.75 Å². The molecule has 168 valence electrons. The maximum absolute atomic E-state index is 12.2. The van der Waals surface area contributed by atoms with Gasteiger partial charge in [-0.15, -0.1) is 24.0 Å². The van der Waals surface area contributed by atoms with Gasteiger partial charge < -0.3 is 21.1 Å². The highest BCUT2D eigenvalue weighted by atomic mass is 127. The van der Waals surface area contributed by atoms with E-state index in [1.54, 1.807) is 12.1 Å². The number of aromatic hydroxyl groups is 1. The van der Waals surface area contributed by atoms with E-state index in [-0.39, 0.29) is 42.2 Å². The van der Waals surface area contributed by atoms with Gasteiger partial charge in [0, 0.05) is 31.4 Å². The number of rotatable bonds is 7. The highest BCUT2D eigenvalue weighted by Gasteiger charge is 2.20. The Morgan fingerprint density at radius 2 is 1.90 bits per heavy atom. The van der Waals surface area contributed by atoms with E-state index in [1.165, 1.54) is 17.7 Å². The van der Waals surface area contributed by atoms with E-state index in [0.29, 0.717) is 17.7 Å². The molecule has 31 heavy (non-hydrogen) atoms. The number of carbonyl (C=O) groups is 1. The molecule has 0 bridgehead atoms. The number of hydrogen-bond acceptors (Lipinski definition) is 4. The molecule has 1 aliphatic heterocycles. The third-order valence-electron chi connectivity index (χ3n) is 4.97. The first kappa shape index (κ1) is 24.9. The predicted molar refractivity (Wildman–Crippen MR) is 136 cm³/mol. The van der Waals surface area contributed by atoms with Crippen molar-refractivity contribution in [2.75, 3.05) is 31.5 Å². The number of piperidine rings is 1. The van der Waals surface area contributed by atoms with Crippen LogP contribution in [0.4, 0.5) is 5.69 Å². The smallest absolute Gasteiger partial charge is 0.246 e. The number of anilines is 1. The van der Waals surface area contributed by atoms with Crippen molar-refractivity contribution in [3.05, 3.63) is 60.2 Å². The lowest BCUT2D eigenvalue weighted by molar-refractivity contribution is -0.114. The number of phenols is 1. The normalized spacial score (nSPS) is 16.8. The van der Waals surface area contributed by atoms with Crippen LogP contribution in [-0.4, -0.2) is 54.1 Å². The third kappa shape index (κ3) is 8.74. The monoisotopic (exact) mass is 537 g/mol. The number of nitrogens with one attached hydrogen (secondary N) is 3. The summed E-state index contributed by atoms with van der Waals surface area (Å²) in [6.07, 6.45) is 2.21. The van der Waals surface area contributed by atoms with Gasteiger partial charge in [0.05, 0.1) is 0 Å². The fourth-order valence-corrected chi connectivity index (χ4v) is 3.57. The summed E-state index contributed by atoms with van der Waals surface area (Å²) < 4.78 is 0. The van der Waals surface area contributed by atoms with Gasteiger partial charge in [0.2, 0.25) is 5.91 Å². The molecule has 2 aromatic carbocycles. The maximum Gasteiger partial charge on any atom is 0.246 e. The van der Waals surface area contributed by atoms with Crippen LogP contribution in [0.25, 0.3) is 0 Å². The van der Waals surface area contributed by atoms with E-state index < -0.39 is 0 Å². The first-order chi connectivity index (χ1) is 14.6. The van der Waals surface area contributed by atoms with E-state index in [2.05, 4.69) is 50.1 Å². The second-order valence-electron chi connectivity index (χ2n) is 7.49. The summed E-state index contributed by atoms with van der Waals surface area (Å²) in [4.78, 5) is 19.1. The zero-order valence-electron chi connectivity index (χ0n) is 17.9. The largest absolute Gasteiger partial charge is 0.508 e. The van der Waals surface area contributed by atoms with Crippen LogP contribution >= 0.6 is 24.0 Å².